The topological polar surface area (TPSA) is 57.7 Å². The van der Waals surface area contributed by atoms with Gasteiger partial charge in [0.05, 0.1) is 5.69 Å². The van der Waals surface area contributed by atoms with E-state index in [2.05, 4.69) is 32.0 Å². The van der Waals surface area contributed by atoms with Gasteiger partial charge in [0, 0.05) is 31.2 Å². The van der Waals surface area contributed by atoms with Crippen molar-refractivity contribution in [3.63, 3.8) is 0 Å². The molecule has 0 aromatic carbocycles. The molecule has 18 heavy (non-hydrogen) atoms. The van der Waals surface area contributed by atoms with Gasteiger partial charge in [-0.3, -0.25) is 5.10 Å². The van der Waals surface area contributed by atoms with Gasteiger partial charge in [0.2, 0.25) is 5.95 Å². The van der Waals surface area contributed by atoms with Gasteiger partial charge in [-0.25, -0.2) is 9.97 Å². The molecule has 0 saturated heterocycles. The third-order valence-corrected chi connectivity index (χ3v) is 3.10. The first kappa shape index (κ1) is 12.5. The summed E-state index contributed by atoms with van der Waals surface area (Å²) < 4.78 is 0. The molecule has 0 spiro atoms. The van der Waals surface area contributed by atoms with E-state index in [0.717, 1.165) is 36.0 Å². The monoisotopic (exact) mass is 245 g/mol. The van der Waals surface area contributed by atoms with E-state index in [1.807, 2.05) is 27.0 Å². The van der Waals surface area contributed by atoms with Gasteiger partial charge in [-0.05, 0) is 38.8 Å². The lowest BCUT2D eigenvalue weighted by Crippen LogP contribution is -2.23. The Morgan fingerprint density at radius 3 is 2.67 bits per heavy atom. The second-order valence-corrected chi connectivity index (χ2v) is 4.58. The molecule has 0 aliphatic heterocycles. The van der Waals surface area contributed by atoms with Crippen LogP contribution in [0, 0.1) is 20.8 Å². The smallest absolute Gasteiger partial charge is 0.225 e. The standard InChI is InChI=1S/C13H19N5/c1-9-5-7-14-13(15-9)18(4)8-6-12-10(2)16-17-11(12)3/h5,7H,6,8H2,1-4H3,(H,16,17). The van der Waals surface area contributed by atoms with Crippen molar-refractivity contribution in [1.82, 2.24) is 20.2 Å². The van der Waals surface area contributed by atoms with E-state index < -0.39 is 0 Å². The molecular weight excluding hydrogens is 226 g/mol. The fourth-order valence-corrected chi connectivity index (χ4v) is 1.94. The molecule has 5 nitrogen and oxygen atoms in total. The number of aryl methyl sites for hydroxylation is 3. The Labute approximate surface area is 107 Å². The maximum atomic E-state index is 4.41. The van der Waals surface area contributed by atoms with E-state index in [1.165, 1.54) is 5.56 Å². The molecule has 0 atom stereocenters. The van der Waals surface area contributed by atoms with Gasteiger partial charge in [-0.1, -0.05) is 0 Å². The van der Waals surface area contributed by atoms with Gasteiger partial charge in [-0.15, -0.1) is 0 Å². The Bertz CT molecular complexity index is 512. The molecule has 5 heteroatoms. The number of H-pyrrole nitrogens is 1. The molecule has 0 fully saturated rings. The second kappa shape index (κ2) is 5.16. The molecule has 2 aromatic rings. The van der Waals surface area contributed by atoms with E-state index in [-0.39, 0.29) is 0 Å². The van der Waals surface area contributed by atoms with Crippen molar-refractivity contribution in [2.45, 2.75) is 27.2 Å². The molecule has 0 aliphatic carbocycles. The van der Waals surface area contributed by atoms with E-state index in [4.69, 9.17) is 0 Å². The summed E-state index contributed by atoms with van der Waals surface area (Å²) in [6.07, 6.45) is 2.74. The van der Waals surface area contributed by atoms with Crippen molar-refractivity contribution in [1.29, 1.82) is 0 Å². The highest BCUT2D eigenvalue weighted by molar-refractivity contribution is 5.30. The Morgan fingerprint density at radius 1 is 1.28 bits per heavy atom. The van der Waals surface area contributed by atoms with Crippen LogP contribution in [0.15, 0.2) is 12.3 Å². The van der Waals surface area contributed by atoms with Gasteiger partial charge >= 0.3 is 0 Å². The van der Waals surface area contributed by atoms with Crippen molar-refractivity contribution in [3.05, 3.63) is 34.9 Å². The molecule has 2 heterocycles. The van der Waals surface area contributed by atoms with Crippen LogP contribution in [0.25, 0.3) is 0 Å². The zero-order valence-corrected chi connectivity index (χ0v) is 11.4. The summed E-state index contributed by atoms with van der Waals surface area (Å²) in [4.78, 5) is 10.8. The summed E-state index contributed by atoms with van der Waals surface area (Å²) in [6, 6.07) is 1.90. The Hall–Kier alpha value is -1.91. The van der Waals surface area contributed by atoms with E-state index in [9.17, 15) is 0 Å². The van der Waals surface area contributed by atoms with Gasteiger partial charge in [0.15, 0.2) is 0 Å². The Balaban J connectivity index is 2.02. The zero-order valence-electron chi connectivity index (χ0n) is 11.4. The first-order chi connectivity index (χ1) is 8.58. The molecular formula is C13H19N5. The lowest BCUT2D eigenvalue weighted by Gasteiger charge is -2.17. The van der Waals surface area contributed by atoms with Crippen molar-refractivity contribution >= 4 is 5.95 Å². The van der Waals surface area contributed by atoms with Gasteiger partial charge in [0.1, 0.15) is 0 Å². The minimum atomic E-state index is 0.772. The fourth-order valence-electron chi connectivity index (χ4n) is 1.94. The molecule has 0 saturated carbocycles. The normalized spacial score (nSPS) is 10.7. The predicted molar refractivity (Wildman–Crippen MR) is 71.8 cm³/mol. The number of hydrogen-bond acceptors (Lipinski definition) is 4. The number of rotatable bonds is 4. The molecule has 0 radical (unpaired) electrons. The number of nitrogens with one attached hydrogen (secondary N) is 1. The molecule has 1 N–H and O–H groups in total. The molecule has 2 rings (SSSR count). The van der Waals surface area contributed by atoms with Crippen molar-refractivity contribution in [2.24, 2.45) is 0 Å². The van der Waals surface area contributed by atoms with Crippen molar-refractivity contribution in [3.8, 4) is 0 Å². The summed E-state index contributed by atoms with van der Waals surface area (Å²) in [6.45, 7) is 6.94. The fraction of sp³-hybridized carbons (Fsp3) is 0.462. The van der Waals surface area contributed by atoms with Crippen LogP contribution in [0.3, 0.4) is 0 Å². The Morgan fingerprint density at radius 2 is 2.06 bits per heavy atom. The average Bonchev–Trinajstić information content (AvgIpc) is 2.66. The Kier molecular flexibility index (Phi) is 3.60. The molecule has 96 valence electrons. The largest absolute Gasteiger partial charge is 0.344 e. The highest BCUT2D eigenvalue weighted by Crippen LogP contribution is 2.12. The second-order valence-electron chi connectivity index (χ2n) is 4.58. The minimum Gasteiger partial charge on any atom is -0.344 e. The molecule has 2 aromatic heterocycles. The lowest BCUT2D eigenvalue weighted by atomic mass is 10.1. The molecule has 0 bridgehead atoms. The molecule has 0 aliphatic rings. The summed E-state index contributed by atoms with van der Waals surface area (Å²) in [5.41, 5.74) is 4.49. The summed E-state index contributed by atoms with van der Waals surface area (Å²) in [5, 5.41) is 7.22. The maximum Gasteiger partial charge on any atom is 0.225 e. The van der Waals surface area contributed by atoms with Gasteiger partial charge in [0.25, 0.3) is 0 Å². The average molecular weight is 245 g/mol. The summed E-state index contributed by atoms with van der Waals surface area (Å²) in [7, 11) is 2.01. The van der Waals surface area contributed by atoms with Gasteiger partial charge in [-0.2, -0.15) is 5.10 Å². The lowest BCUT2D eigenvalue weighted by molar-refractivity contribution is 0.826. The van der Waals surface area contributed by atoms with Crippen LogP contribution >= 0.6 is 0 Å². The minimum absolute atomic E-state index is 0.772. The van der Waals surface area contributed by atoms with Crippen molar-refractivity contribution in [2.75, 3.05) is 18.5 Å². The number of aromatic amines is 1. The predicted octanol–water partition coefficient (Wildman–Crippen LogP) is 1.80. The highest BCUT2D eigenvalue weighted by atomic mass is 15.2. The first-order valence-electron chi connectivity index (χ1n) is 6.09. The van der Waals surface area contributed by atoms with Crippen LogP contribution < -0.4 is 4.90 Å². The molecule has 0 amide bonds. The van der Waals surface area contributed by atoms with Crippen LogP contribution in [0.2, 0.25) is 0 Å². The summed E-state index contributed by atoms with van der Waals surface area (Å²) in [5.74, 6) is 0.772. The summed E-state index contributed by atoms with van der Waals surface area (Å²) >= 11 is 0. The van der Waals surface area contributed by atoms with Crippen LogP contribution in [-0.4, -0.2) is 33.8 Å². The zero-order chi connectivity index (χ0) is 13.1. The maximum absolute atomic E-state index is 4.41. The number of aromatic nitrogens is 4. The van der Waals surface area contributed by atoms with Crippen LogP contribution in [-0.2, 0) is 6.42 Å². The van der Waals surface area contributed by atoms with E-state index in [1.54, 1.807) is 6.20 Å². The van der Waals surface area contributed by atoms with Crippen LogP contribution in [0.4, 0.5) is 5.95 Å². The SMILES string of the molecule is Cc1ccnc(N(C)CCc2c(C)n[nH]c2C)n1. The van der Waals surface area contributed by atoms with Crippen molar-refractivity contribution < 1.29 is 0 Å². The van der Waals surface area contributed by atoms with Crippen LogP contribution in [0.1, 0.15) is 22.6 Å². The first-order valence-corrected chi connectivity index (χ1v) is 6.09. The highest BCUT2D eigenvalue weighted by Gasteiger charge is 2.09. The number of likely N-dealkylation sites (N-methyl/N-ethyl adjacent to an activating group) is 1. The number of nitrogens with zero attached hydrogens (tertiary/aromatic N) is 4. The number of anilines is 1. The van der Waals surface area contributed by atoms with Crippen LogP contribution in [0.5, 0.6) is 0 Å². The van der Waals surface area contributed by atoms with E-state index in [0.29, 0.717) is 0 Å². The van der Waals surface area contributed by atoms with E-state index >= 15 is 0 Å². The third kappa shape index (κ3) is 2.67. The van der Waals surface area contributed by atoms with Gasteiger partial charge < -0.3 is 4.90 Å². The molecule has 0 unspecified atom stereocenters. The number of hydrogen-bond donors (Lipinski definition) is 1. The quantitative estimate of drug-likeness (QED) is 0.892. The third-order valence-electron chi connectivity index (χ3n) is 3.10.